The first-order valence-electron chi connectivity index (χ1n) is 12.9. The van der Waals surface area contributed by atoms with Crippen LogP contribution in [0.2, 0.25) is 0 Å². The number of aryl methyl sites for hydroxylation is 1. The molecule has 2 unspecified atom stereocenters. The highest BCUT2D eigenvalue weighted by Gasteiger charge is 2.39. The molecule has 11 nitrogen and oxygen atoms in total. The predicted octanol–water partition coefficient (Wildman–Crippen LogP) is 1.71. The van der Waals surface area contributed by atoms with E-state index < -0.39 is 6.09 Å². The van der Waals surface area contributed by atoms with Crippen molar-refractivity contribution in [2.45, 2.75) is 50.7 Å². The fraction of sp³-hybridized carbons (Fsp3) is 0.538. The van der Waals surface area contributed by atoms with E-state index in [4.69, 9.17) is 19.9 Å². The van der Waals surface area contributed by atoms with Crippen LogP contribution in [0.3, 0.4) is 0 Å². The van der Waals surface area contributed by atoms with Crippen molar-refractivity contribution in [2.24, 2.45) is 11.7 Å². The van der Waals surface area contributed by atoms with Crippen molar-refractivity contribution in [1.29, 1.82) is 0 Å². The van der Waals surface area contributed by atoms with Crippen LogP contribution >= 0.6 is 0 Å². The summed E-state index contributed by atoms with van der Waals surface area (Å²) in [6.07, 6.45) is 4.06. The Morgan fingerprint density at radius 1 is 1.27 bits per heavy atom. The smallest absolute Gasteiger partial charge is 0.415 e. The van der Waals surface area contributed by atoms with Gasteiger partial charge in [-0.15, -0.1) is 0 Å². The van der Waals surface area contributed by atoms with Crippen molar-refractivity contribution in [3.63, 3.8) is 0 Å². The summed E-state index contributed by atoms with van der Waals surface area (Å²) in [6, 6.07) is 5.48. The molecule has 6 rings (SSSR count). The second-order valence-electron chi connectivity index (χ2n) is 10.6. The highest BCUT2D eigenvalue weighted by atomic mass is 16.6. The van der Waals surface area contributed by atoms with E-state index in [2.05, 4.69) is 33.6 Å². The number of hydrogen-bond acceptors (Lipinski definition) is 9. The lowest BCUT2D eigenvalue weighted by Gasteiger charge is -2.19. The molecule has 196 valence electrons. The van der Waals surface area contributed by atoms with Gasteiger partial charge in [-0.2, -0.15) is 0 Å². The second-order valence-corrected chi connectivity index (χ2v) is 10.6. The first-order chi connectivity index (χ1) is 17.8. The fourth-order valence-corrected chi connectivity index (χ4v) is 5.14. The molecule has 4 heterocycles. The zero-order valence-corrected chi connectivity index (χ0v) is 20.9. The van der Waals surface area contributed by atoms with Gasteiger partial charge in [-0.3, -0.25) is 9.69 Å². The third-order valence-corrected chi connectivity index (χ3v) is 7.49. The van der Waals surface area contributed by atoms with Crippen molar-refractivity contribution < 1.29 is 23.8 Å². The summed E-state index contributed by atoms with van der Waals surface area (Å²) in [6.45, 7) is 4.57. The largest absolute Gasteiger partial charge is 0.480 e. The Morgan fingerprint density at radius 2 is 2.14 bits per heavy atom. The van der Waals surface area contributed by atoms with Gasteiger partial charge < -0.3 is 30.6 Å². The van der Waals surface area contributed by atoms with Crippen molar-refractivity contribution in [3.05, 3.63) is 35.0 Å². The Kier molecular flexibility index (Phi) is 6.12. The van der Waals surface area contributed by atoms with Crippen molar-refractivity contribution in [3.8, 4) is 11.6 Å². The number of fused-ring (bicyclic) bond motifs is 2. The average Bonchev–Trinajstić information content (AvgIpc) is 3.28. The number of amides is 2. The lowest BCUT2D eigenvalue weighted by atomic mass is 10.1. The van der Waals surface area contributed by atoms with Crippen LogP contribution in [0.5, 0.6) is 11.6 Å². The molecule has 1 saturated carbocycles. The van der Waals surface area contributed by atoms with Crippen molar-refractivity contribution in [2.75, 3.05) is 43.1 Å². The Hall–Kier alpha value is -3.44. The minimum absolute atomic E-state index is 0.0386. The maximum atomic E-state index is 12.5. The summed E-state index contributed by atoms with van der Waals surface area (Å²) in [5.74, 6) is 2.14. The number of hydrogen-bond donors (Lipinski definition) is 3. The first kappa shape index (κ1) is 23.9. The molecule has 2 aromatic rings. The van der Waals surface area contributed by atoms with Gasteiger partial charge in [0.05, 0.1) is 12.1 Å². The molecular weight excluding hydrogens is 476 g/mol. The van der Waals surface area contributed by atoms with Gasteiger partial charge in [-0.1, -0.05) is 0 Å². The summed E-state index contributed by atoms with van der Waals surface area (Å²) < 4.78 is 16.8. The van der Waals surface area contributed by atoms with Crippen molar-refractivity contribution in [1.82, 2.24) is 15.3 Å². The highest BCUT2D eigenvalue weighted by molar-refractivity contribution is 5.95. The SMILES string of the molecule is Cc1nc(OCC2(N)CC2)cc2c1CC(CNCCC1CN(c3ccc4c(n3)NC(=O)CO4)C(=O)O1)C2. The maximum absolute atomic E-state index is 12.5. The van der Waals surface area contributed by atoms with Gasteiger partial charge in [0.2, 0.25) is 5.88 Å². The first-order valence-corrected chi connectivity index (χ1v) is 12.9. The number of cyclic esters (lactones) is 1. The quantitative estimate of drug-likeness (QED) is 0.432. The van der Waals surface area contributed by atoms with E-state index in [1.165, 1.54) is 16.0 Å². The monoisotopic (exact) mass is 508 g/mol. The van der Waals surface area contributed by atoms with Gasteiger partial charge in [0.25, 0.3) is 5.91 Å². The number of pyridine rings is 2. The molecule has 11 heteroatoms. The van der Waals surface area contributed by atoms with E-state index in [-0.39, 0.29) is 24.2 Å². The molecule has 0 spiro atoms. The lowest BCUT2D eigenvalue weighted by Crippen LogP contribution is -2.30. The average molecular weight is 509 g/mol. The van der Waals surface area contributed by atoms with Crippen LogP contribution in [0.25, 0.3) is 0 Å². The van der Waals surface area contributed by atoms with Crippen LogP contribution in [0, 0.1) is 12.8 Å². The standard InChI is InChI=1S/C26H32N6O5/c1-15-19-9-16(8-17(19)10-23(29-15)36-14-26(27)5-6-26)11-28-7-4-18-12-32(25(34)37-18)21-3-2-20-24(30-21)31-22(33)13-35-20/h2-3,10,16,18,28H,4-9,11-14,27H2,1H3,(H,30,31,33). The summed E-state index contributed by atoms with van der Waals surface area (Å²) in [5, 5.41) is 6.20. The molecule has 1 saturated heterocycles. The molecule has 2 atom stereocenters. The molecule has 0 aromatic carbocycles. The molecule has 2 aliphatic heterocycles. The zero-order valence-electron chi connectivity index (χ0n) is 20.9. The van der Waals surface area contributed by atoms with Crippen LogP contribution in [-0.4, -0.2) is 66.5 Å². The number of nitrogens with two attached hydrogens (primary N) is 1. The Bertz CT molecular complexity index is 1230. The van der Waals surface area contributed by atoms with Crippen molar-refractivity contribution >= 4 is 23.6 Å². The van der Waals surface area contributed by atoms with Crippen LogP contribution in [0.4, 0.5) is 16.4 Å². The van der Waals surface area contributed by atoms with Crippen LogP contribution < -0.4 is 30.7 Å². The topological polar surface area (TPSA) is 141 Å². The van der Waals surface area contributed by atoms with Gasteiger partial charge in [0, 0.05) is 11.8 Å². The number of rotatable bonds is 9. The molecule has 0 bridgehead atoms. The molecule has 4 N–H and O–H groups in total. The van der Waals surface area contributed by atoms with E-state index in [1.54, 1.807) is 12.1 Å². The van der Waals surface area contributed by atoms with Gasteiger partial charge in [-0.25, -0.2) is 14.8 Å². The number of anilines is 2. The highest BCUT2D eigenvalue weighted by Crippen LogP contribution is 2.35. The third kappa shape index (κ3) is 5.19. The third-order valence-electron chi connectivity index (χ3n) is 7.49. The van der Waals surface area contributed by atoms with E-state index in [0.717, 1.165) is 44.5 Å². The van der Waals surface area contributed by atoms with Crippen LogP contribution in [-0.2, 0) is 22.4 Å². The summed E-state index contributed by atoms with van der Waals surface area (Å²) in [5.41, 5.74) is 9.67. The predicted molar refractivity (Wildman–Crippen MR) is 135 cm³/mol. The lowest BCUT2D eigenvalue weighted by molar-refractivity contribution is -0.118. The van der Waals surface area contributed by atoms with E-state index in [1.807, 2.05) is 0 Å². The Balaban J connectivity index is 0.963. The fourth-order valence-electron chi connectivity index (χ4n) is 5.14. The Morgan fingerprint density at radius 3 is 2.97 bits per heavy atom. The van der Waals surface area contributed by atoms with E-state index in [9.17, 15) is 9.59 Å². The minimum Gasteiger partial charge on any atom is -0.480 e. The molecule has 2 aromatic heterocycles. The molecule has 0 radical (unpaired) electrons. The molecule has 2 aliphatic carbocycles. The number of carbonyl (C=O) groups excluding carboxylic acids is 2. The number of nitrogens with one attached hydrogen (secondary N) is 2. The normalized spacial score (nSPS) is 23.1. The zero-order chi connectivity index (χ0) is 25.6. The number of aromatic nitrogens is 2. The van der Waals surface area contributed by atoms with Crippen LogP contribution in [0.1, 0.15) is 36.1 Å². The van der Waals surface area contributed by atoms with E-state index >= 15 is 0 Å². The second kappa shape index (κ2) is 9.46. The van der Waals surface area contributed by atoms with Gasteiger partial charge >= 0.3 is 6.09 Å². The van der Waals surface area contributed by atoms with Gasteiger partial charge in [-0.05, 0) is 81.3 Å². The summed E-state index contributed by atoms with van der Waals surface area (Å²) >= 11 is 0. The molecule has 37 heavy (non-hydrogen) atoms. The Labute approximate surface area is 215 Å². The van der Waals surface area contributed by atoms with E-state index in [0.29, 0.717) is 48.8 Å². The van der Waals surface area contributed by atoms with Crippen LogP contribution in [0.15, 0.2) is 18.2 Å². The van der Waals surface area contributed by atoms with Gasteiger partial charge in [0.15, 0.2) is 18.2 Å². The number of nitrogens with zero attached hydrogens (tertiary/aromatic N) is 3. The summed E-state index contributed by atoms with van der Waals surface area (Å²) in [4.78, 5) is 34.5. The summed E-state index contributed by atoms with van der Waals surface area (Å²) in [7, 11) is 0. The molecule has 4 aliphatic rings. The molecular formula is C26H32N6O5. The van der Waals surface area contributed by atoms with Gasteiger partial charge in [0.1, 0.15) is 18.5 Å². The molecule has 2 amide bonds. The minimum atomic E-state index is -0.435. The number of carbonyl (C=O) groups is 2. The molecule has 2 fully saturated rings. The number of ether oxygens (including phenoxy) is 3. The maximum Gasteiger partial charge on any atom is 0.415 e.